The third-order valence-electron chi connectivity index (χ3n) is 3.40. The Balaban J connectivity index is 0.00000364. The molecule has 1 atom stereocenters. The van der Waals surface area contributed by atoms with E-state index >= 15 is 0 Å². The molecule has 0 radical (unpaired) electrons. The maximum absolute atomic E-state index is 12.9. The van der Waals surface area contributed by atoms with E-state index in [0.717, 1.165) is 16.9 Å². The molecule has 0 spiro atoms. The number of guanidine groups is 1. The number of nitrogens with zero attached hydrogens (tertiary/aromatic N) is 1. The molecule has 1 aromatic heterocycles. The number of aliphatic hydroxyl groups excluding tert-OH is 1. The van der Waals surface area contributed by atoms with E-state index in [2.05, 4.69) is 15.6 Å². The molecule has 2 rings (SSSR count). The van der Waals surface area contributed by atoms with Crippen LogP contribution in [-0.4, -0.2) is 44.4 Å². The molecule has 3 N–H and O–H groups in total. The van der Waals surface area contributed by atoms with E-state index in [1.807, 2.05) is 6.92 Å². The standard InChI is InChI=1S/C17H22FN3O3S2.HI/c1-2-19-17(20-10-13-5-7-14(18)8-6-13)21-11-15(22)12-26(23,24)16-4-3-9-25-16;/h3-9,15,22H,2,10-12H2,1H3,(H2,19,20,21);1H. The van der Waals surface area contributed by atoms with Gasteiger partial charge in [0.2, 0.25) is 0 Å². The Morgan fingerprint density at radius 1 is 1.26 bits per heavy atom. The van der Waals surface area contributed by atoms with Crippen LogP contribution in [0.25, 0.3) is 0 Å². The number of hydrogen-bond donors (Lipinski definition) is 3. The van der Waals surface area contributed by atoms with Crippen LogP contribution in [-0.2, 0) is 16.4 Å². The Kier molecular flexibility index (Phi) is 10.2. The summed E-state index contributed by atoms with van der Waals surface area (Å²) in [5.41, 5.74) is 0.837. The predicted octanol–water partition coefficient (Wildman–Crippen LogP) is 2.40. The number of benzene rings is 1. The van der Waals surface area contributed by atoms with Crippen molar-refractivity contribution in [3.63, 3.8) is 0 Å². The zero-order valence-corrected chi connectivity index (χ0v) is 18.7. The van der Waals surface area contributed by atoms with Crippen LogP contribution in [0.1, 0.15) is 12.5 Å². The van der Waals surface area contributed by atoms with E-state index in [1.54, 1.807) is 23.6 Å². The molecule has 0 amide bonds. The van der Waals surface area contributed by atoms with Gasteiger partial charge in [0.15, 0.2) is 15.8 Å². The lowest BCUT2D eigenvalue weighted by atomic mass is 10.2. The minimum absolute atomic E-state index is 0. The van der Waals surface area contributed by atoms with E-state index in [4.69, 9.17) is 0 Å². The zero-order valence-electron chi connectivity index (χ0n) is 14.8. The summed E-state index contributed by atoms with van der Waals surface area (Å²) in [6.45, 7) is 2.88. The predicted molar refractivity (Wildman–Crippen MR) is 117 cm³/mol. The van der Waals surface area contributed by atoms with Gasteiger partial charge in [-0.2, -0.15) is 0 Å². The van der Waals surface area contributed by atoms with Crippen molar-refractivity contribution in [1.82, 2.24) is 10.6 Å². The summed E-state index contributed by atoms with van der Waals surface area (Å²) in [5, 5.41) is 17.7. The minimum atomic E-state index is -3.50. The van der Waals surface area contributed by atoms with Gasteiger partial charge in [0, 0.05) is 13.1 Å². The van der Waals surface area contributed by atoms with Crippen LogP contribution in [0, 0.1) is 5.82 Å². The highest BCUT2D eigenvalue weighted by atomic mass is 127. The topological polar surface area (TPSA) is 90.8 Å². The molecule has 0 aliphatic heterocycles. The Morgan fingerprint density at radius 2 is 1.96 bits per heavy atom. The molecule has 0 saturated heterocycles. The monoisotopic (exact) mass is 527 g/mol. The summed E-state index contributed by atoms with van der Waals surface area (Å²) < 4.78 is 37.5. The number of aliphatic imine (C=N–C) groups is 1. The molecule has 150 valence electrons. The number of thiophene rings is 1. The first-order chi connectivity index (χ1) is 12.4. The number of nitrogens with one attached hydrogen (secondary N) is 2. The summed E-state index contributed by atoms with van der Waals surface area (Å²) in [7, 11) is -3.50. The van der Waals surface area contributed by atoms with Crippen LogP contribution < -0.4 is 10.6 Å². The van der Waals surface area contributed by atoms with E-state index in [9.17, 15) is 17.9 Å². The summed E-state index contributed by atoms with van der Waals surface area (Å²) in [5.74, 6) is -0.222. The zero-order chi connectivity index (χ0) is 19.0. The van der Waals surface area contributed by atoms with Gasteiger partial charge in [0.05, 0.1) is 18.4 Å². The average Bonchev–Trinajstić information content (AvgIpc) is 3.14. The number of hydrogen-bond acceptors (Lipinski definition) is 5. The van der Waals surface area contributed by atoms with E-state index < -0.39 is 15.9 Å². The van der Waals surface area contributed by atoms with Crippen molar-refractivity contribution in [2.75, 3.05) is 18.8 Å². The van der Waals surface area contributed by atoms with Crippen molar-refractivity contribution in [3.05, 3.63) is 53.2 Å². The van der Waals surface area contributed by atoms with Crippen molar-refractivity contribution in [3.8, 4) is 0 Å². The quantitative estimate of drug-likeness (QED) is 0.279. The normalized spacial score (nSPS) is 12.9. The van der Waals surface area contributed by atoms with Gasteiger partial charge in [-0.1, -0.05) is 18.2 Å². The molecule has 2 aromatic rings. The fourth-order valence-corrected chi connectivity index (χ4v) is 4.63. The summed E-state index contributed by atoms with van der Waals surface area (Å²) in [6.07, 6.45) is -1.07. The second-order valence-electron chi connectivity index (χ2n) is 5.57. The second-order valence-corrected chi connectivity index (χ2v) is 8.78. The number of rotatable bonds is 8. The van der Waals surface area contributed by atoms with E-state index in [1.165, 1.54) is 18.2 Å². The van der Waals surface area contributed by atoms with Gasteiger partial charge in [0.1, 0.15) is 10.0 Å². The largest absolute Gasteiger partial charge is 0.390 e. The Morgan fingerprint density at radius 3 is 2.56 bits per heavy atom. The summed E-state index contributed by atoms with van der Waals surface area (Å²) in [4.78, 5) is 4.35. The fourth-order valence-electron chi connectivity index (χ4n) is 2.15. The first-order valence-corrected chi connectivity index (χ1v) is 10.6. The van der Waals surface area contributed by atoms with Crippen LogP contribution in [0.5, 0.6) is 0 Å². The number of sulfone groups is 1. The van der Waals surface area contributed by atoms with Crippen molar-refractivity contribution in [2.24, 2.45) is 4.99 Å². The smallest absolute Gasteiger partial charge is 0.191 e. The van der Waals surface area contributed by atoms with Gasteiger partial charge >= 0.3 is 0 Å². The van der Waals surface area contributed by atoms with Crippen molar-refractivity contribution >= 4 is 51.1 Å². The Bertz CT molecular complexity index is 812. The lowest BCUT2D eigenvalue weighted by Gasteiger charge is -2.15. The summed E-state index contributed by atoms with van der Waals surface area (Å²) >= 11 is 1.13. The minimum Gasteiger partial charge on any atom is -0.390 e. The van der Waals surface area contributed by atoms with Crippen molar-refractivity contribution in [2.45, 2.75) is 23.8 Å². The van der Waals surface area contributed by atoms with Crippen LogP contribution >= 0.6 is 35.3 Å². The van der Waals surface area contributed by atoms with E-state index in [-0.39, 0.29) is 46.3 Å². The second kappa shape index (κ2) is 11.6. The van der Waals surface area contributed by atoms with Gasteiger partial charge in [0.25, 0.3) is 0 Å². The highest BCUT2D eigenvalue weighted by Crippen LogP contribution is 2.18. The molecule has 1 aromatic carbocycles. The third-order valence-corrected chi connectivity index (χ3v) is 6.68. The molecule has 0 saturated carbocycles. The summed E-state index contributed by atoms with van der Waals surface area (Å²) in [6, 6.07) is 9.20. The fraction of sp³-hybridized carbons (Fsp3) is 0.353. The van der Waals surface area contributed by atoms with Gasteiger partial charge in [-0.15, -0.1) is 35.3 Å². The maximum Gasteiger partial charge on any atom is 0.191 e. The van der Waals surface area contributed by atoms with Crippen LogP contribution in [0.2, 0.25) is 0 Å². The van der Waals surface area contributed by atoms with E-state index in [0.29, 0.717) is 19.0 Å². The van der Waals surface area contributed by atoms with Crippen LogP contribution in [0.4, 0.5) is 4.39 Å². The first kappa shape index (κ1) is 23.8. The highest BCUT2D eigenvalue weighted by molar-refractivity contribution is 14.0. The lowest BCUT2D eigenvalue weighted by molar-refractivity contribution is 0.200. The average molecular weight is 527 g/mol. The van der Waals surface area contributed by atoms with Gasteiger partial charge in [-0.05, 0) is 36.1 Å². The van der Waals surface area contributed by atoms with Crippen molar-refractivity contribution in [1.29, 1.82) is 0 Å². The molecular formula is C17H23FIN3O3S2. The maximum atomic E-state index is 12.9. The Labute approximate surface area is 179 Å². The Hall–Kier alpha value is -1.24. The molecule has 10 heteroatoms. The molecular weight excluding hydrogens is 504 g/mol. The molecule has 0 aliphatic rings. The van der Waals surface area contributed by atoms with Gasteiger partial charge in [-0.3, -0.25) is 0 Å². The van der Waals surface area contributed by atoms with Gasteiger partial charge < -0.3 is 15.7 Å². The van der Waals surface area contributed by atoms with Crippen molar-refractivity contribution < 1.29 is 17.9 Å². The first-order valence-electron chi connectivity index (χ1n) is 8.11. The van der Waals surface area contributed by atoms with Crippen LogP contribution in [0.15, 0.2) is 51.0 Å². The number of aliphatic hydroxyl groups is 1. The number of halogens is 2. The van der Waals surface area contributed by atoms with Gasteiger partial charge in [-0.25, -0.2) is 17.8 Å². The molecule has 0 bridgehead atoms. The molecule has 6 nitrogen and oxygen atoms in total. The SMILES string of the molecule is CCNC(=NCc1ccc(F)cc1)NCC(O)CS(=O)(=O)c1cccs1.I. The lowest BCUT2D eigenvalue weighted by Crippen LogP contribution is -2.42. The molecule has 27 heavy (non-hydrogen) atoms. The molecule has 0 aliphatic carbocycles. The molecule has 1 heterocycles. The third kappa shape index (κ3) is 8.11. The highest BCUT2D eigenvalue weighted by Gasteiger charge is 2.20. The molecule has 1 unspecified atom stereocenters. The van der Waals surface area contributed by atoms with Crippen LogP contribution in [0.3, 0.4) is 0 Å². The molecule has 0 fully saturated rings.